The van der Waals surface area contributed by atoms with Crippen LogP contribution in [0.2, 0.25) is 0 Å². The minimum absolute atomic E-state index is 0.513. The normalized spacial score (nSPS) is 8.64. The fraction of sp³-hybridized carbons (Fsp3) is 0.111. The Hall–Kier alpha value is -1.62. The second-order valence-electron chi connectivity index (χ2n) is 2.08. The topological polar surface area (TPSA) is 30.0 Å². The van der Waals surface area contributed by atoms with E-state index in [1.807, 2.05) is 0 Å². The van der Waals surface area contributed by atoms with Gasteiger partial charge in [0.15, 0.2) is 6.29 Å². The Morgan fingerprint density at radius 2 is 2.45 bits per heavy atom. The molecule has 0 bridgehead atoms. The largest absolute Gasteiger partial charge is 0.298 e. The maximum atomic E-state index is 10.2. The zero-order chi connectivity index (χ0) is 8.10. The molecule has 11 heavy (non-hydrogen) atoms. The molecule has 0 N–H and O–H groups in total. The van der Waals surface area contributed by atoms with Gasteiger partial charge in [-0.05, 0) is 12.1 Å². The van der Waals surface area contributed by atoms with E-state index in [-0.39, 0.29) is 0 Å². The van der Waals surface area contributed by atoms with Crippen LogP contribution in [0.4, 0.5) is 0 Å². The standard InChI is InChI=1S/C9H7NO/c1-2-3-9-5-4-8(7-11)6-10-9/h1,4-7H,3H2. The van der Waals surface area contributed by atoms with Crippen LogP contribution in [0.15, 0.2) is 18.3 Å². The van der Waals surface area contributed by atoms with Gasteiger partial charge in [0.2, 0.25) is 0 Å². The summed E-state index contributed by atoms with van der Waals surface area (Å²) in [5.41, 5.74) is 1.39. The van der Waals surface area contributed by atoms with Gasteiger partial charge in [-0.1, -0.05) is 0 Å². The summed E-state index contributed by atoms with van der Waals surface area (Å²) in [5, 5.41) is 0. The van der Waals surface area contributed by atoms with Gasteiger partial charge in [-0.15, -0.1) is 12.3 Å². The summed E-state index contributed by atoms with van der Waals surface area (Å²) >= 11 is 0. The maximum Gasteiger partial charge on any atom is 0.151 e. The monoisotopic (exact) mass is 145 g/mol. The zero-order valence-electron chi connectivity index (χ0n) is 5.95. The average molecular weight is 145 g/mol. The first-order chi connectivity index (χ1) is 5.36. The number of carbonyl (C=O) groups is 1. The highest BCUT2D eigenvalue weighted by Crippen LogP contribution is 1.97. The fourth-order valence-electron chi connectivity index (χ4n) is 0.715. The number of hydrogen-bond acceptors (Lipinski definition) is 2. The average Bonchev–Trinajstić information content (AvgIpc) is 2.07. The van der Waals surface area contributed by atoms with Crippen molar-refractivity contribution >= 4 is 6.29 Å². The van der Waals surface area contributed by atoms with Crippen LogP contribution in [0.1, 0.15) is 16.1 Å². The molecular formula is C9H7NO. The molecule has 0 unspecified atom stereocenters. The molecule has 0 amide bonds. The van der Waals surface area contributed by atoms with Gasteiger partial charge in [0, 0.05) is 11.8 Å². The summed E-state index contributed by atoms with van der Waals surface area (Å²) in [7, 11) is 0. The van der Waals surface area contributed by atoms with E-state index in [2.05, 4.69) is 10.9 Å². The number of aldehydes is 1. The van der Waals surface area contributed by atoms with Crippen molar-refractivity contribution in [2.75, 3.05) is 0 Å². The Morgan fingerprint density at radius 1 is 1.64 bits per heavy atom. The van der Waals surface area contributed by atoms with E-state index in [1.54, 1.807) is 12.1 Å². The highest BCUT2D eigenvalue weighted by molar-refractivity contribution is 5.73. The second kappa shape index (κ2) is 3.52. The number of nitrogens with zero attached hydrogens (tertiary/aromatic N) is 1. The van der Waals surface area contributed by atoms with Crippen LogP contribution >= 0.6 is 0 Å². The molecular weight excluding hydrogens is 138 g/mol. The highest BCUT2D eigenvalue weighted by atomic mass is 16.1. The minimum Gasteiger partial charge on any atom is -0.298 e. The predicted molar refractivity (Wildman–Crippen MR) is 42.2 cm³/mol. The summed E-state index contributed by atoms with van der Waals surface area (Å²) in [6, 6.07) is 3.45. The van der Waals surface area contributed by atoms with Crippen molar-refractivity contribution in [1.29, 1.82) is 0 Å². The molecule has 2 heteroatoms. The minimum atomic E-state index is 0.513. The Kier molecular flexibility index (Phi) is 2.40. The van der Waals surface area contributed by atoms with Crippen LogP contribution in [0.25, 0.3) is 0 Å². The Balaban J connectivity index is 2.84. The van der Waals surface area contributed by atoms with Crippen molar-refractivity contribution in [3.63, 3.8) is 0 Å². The molecule has 1 aromatic rings. The molecule has 0 aliphatic carbocycles. The highest BCUT2D eigenvalue weighted by Gasteiger charge is 1.91. The Bertz CT molecular complexity index is 281. The lowest BCUT2D eigenvalue weighted by Crippen LogP contribution is -1.88. The van der Waals surface area contributed by atoms with Crippen LogP contribution in [-0.4, -0.2) is 11.3 Å². The first kappa shape index (κ1) is 7.49. The third-order valence-electron chi connectivity index (χ3n) is 1.27. The van der Waals surface area contributed by atoms with Gasteiger partial charge < -0.3 is 0 Å². The van der Waals surface area contributed by atoms with E-state index >= 15 is 0 Å². The van der Waals surface area contributed by atoms with Crippen LogP contribution < -0.4 is 0 Å². The summed E-state index contributed by atoms with van der Waals surface area (Å²) < 4.78 is 0. The maximum absolute atomic E-state index is 10.2. The lowest BCUT2D eigenvalue weighted by molar-refractivity contribution is 0.112. The second-order valence-corrected chi connectivity index (χ2v) is 2.08. The summed E-state index contributed by atoms with van der Waals surface area (Å²) in [6.07, 6.45) is 7.85. The van der Waals surface area contributed by atoms with Crippen molar-refractivity contribution < 1.29 is 4.79 Å². The van der Waals surface area contributed by atoms with Gasteiger partial charge in [-0.2, -0.15) is 0 Å². The molecule has 2 nitrogen and oxygen atoms in total. The summed E-state index contributed by atoms with van der Waals surface area (Å²) in [6.45, 7) is 0. The molecule has 0 saturated carbocycles. The molecule has 0 spiro atoms. The SMILES string of the molecule is C#CCc1ccc(C=O)cn1. The van der Waals surface area contributed by atoms with E-state index in [9.17, 15) is 4.79 Å². The zero-order valence-corrected chi connectivity index (χ0v) is 5.95. The number of pyridine rings is 1. The predicted octanol–water partition coefficient (Wildman–Crippen LogP) is 1.07. The van der Waals surface area contributed by atoms with Gasteiger partial charge >= 0.3 is 0 Å². The van der Waals surface area contributed by atoms with E-state index in [4.69, 9.17) is 6.42 Å². The molecule has 54 valence electrons. The van der Waals surface area contributed by atoms with E-state index in [0.717, 1.165) is 12.0 Å². The first-order valence-corrected chi connectivity index (χ1v) is 3.20. The van der Waals surface area contributed by atoms with Crippen LogP contribution in [0.3, 0.4) is 0 Å². The third-order valence-corrected chi connectivity index (χ3v) is 1.27. The van der Waals surface area contributed by atoms with Gasteiger partial charge in [-0.25, -0.2) is 0 Å². The fourth-order valence-corrected chi connectivity index (χ4v) is 0.715. The van der Waals surface area contributed by atoms with E-state index in [0.29, 0.717) is 12.0 Å². The van der Waals surface area contributed by atoms with Crippen LogP contribution in [0, 0.1) is 12.3 Å². The van der Waals surface area contributed by atoms with Gasteiger partial charge in [0.05, 0.1) is 12.1 Å². The van der Waals surface area contributed by atoms with Crippen molar-refractivity contribution in [2.24, 2.45) is 0 Å². The lowest BCUT2D eigenvalue weighted by atomic mass is 10.2. The van der Waals surface area contributed by atoms with Crippen LogP contribution in [-0.2, 0) is 6.42 Å². The molecule has 0 aliphatic heterocycles. The van der Waals surface area contributed by atoms with E-state index in [1.165, 1.54) is 6.20 Å². The molecule has 1 heterocycles. The molecule has 0 aliphatic rings. The number of aromatic nitrogens is 1. The molecule has 0 aromatic carbocycles. The molecule has 1 aromatic heterocycles. The summed E-state index contributed by atoms with van der Waals surface area (Å²) in [4.78, 5) is 14.2. The Morgan fingerprint density at radius 3 is 2.91 bits per heavy atom. The smallest absolute Gasteiger partial charge is 0.151 e. The van der Waals surface area contributed by atoms with E-state index < -0.39 is 0 Å². The Labute approximate surface area is 65.3 Å². The summed E-state index contributed by atoms with van der Waals surface area (Å²) in [5.74, 6) is 2.47. The molecule has 0 fully saturated rings. The van der Waals surface area contributed by atoms with Crippen molar-refractivity contribution in [1.82, 2.24) is 4.98 Å². The van der Waals surface area contributed by atoms with Crippen molar-refractivity contribution in [3.8, 4) is 12.3 Å². The number of hydrogen-bond donors (Lipinski definition) is 0. The van der Waals surface area contributed by atoms with Gasteiger partial charge in [0.1, 0.15) is 0 Å². The number of terminal acetylenes is 1. The lowest BCUT2D eigenvalue weighted by Gasteiger charge is -1.92. The molecule has 0 atom stereocenters. The molecule has 1 rings (SSSR count). The quantitative estimate of drug-likeness (QED) is 0.460. The van der Waals surface area contributed by atoms with Gasteiger partial charge in [-0.3, -0.25) is 9.78 Å². The molecule has 0 saturated heterocycles. The molecule has 0 radical (unpaired) electrons. The van der Waals surface area contributed by atoms with Gasteiger partial charge in [0.25, 0.3) is 0 Å². The number of carbonyl (C=O) groups excluding carboxylic acids is 1. The van der Waals surface area contributed by atoms with Crippen LogP contribution in [0.5, 0.6) is 0 Å². The third kappa shape index (κ3) is 1.91. The first-order valence-electron chi connectivity index (χ1n) is 3.20. The van der Waals surface area contributed by atoms with Crippen molar-refractivity contribution in [2.45, 2.75) is 6.42 Å². The van der Waals surface area contributed by atoms with Crippen molar-refractivity contribution in [3.05, 3.63) is 29.6 Å². The number of rotatable bonds is 2.